The van der Waals surface area contributed by atoms with Crippen LogP contribution in [-0.4, -0.2) is 16.5 Å². The quantitative estimate of drug-likeness (QED) is 0.861. The molecule has 0 aliphatic rings. The van der Waals surface area contributed by atoms with Crippen molar-refractivity contribution in [2.75, 3.05) is 11.9 Å². The van der Waals surface area contributed by atoms with Gasteiger partial charge < -0.3 is 5.32 Å². The van der Waals surface area contributed by atoms with Crippen LogP contribution in [-0.2, 0) is 6.18 Å². The summed E-state index contributed by atoms with van der Waals surface area (Å²) < 4.78 is 37.5. The van der Waals surface area contributed by atoms with Gasteiger partial charge in [-0.05, 0) is 19.1 Å². The molecule has 0 saturated heterocycles. The molecule has 106 valence electrons. The first kappa shape index (κ1) is 14.6. The minimum Gasteiger partial charge on any atom is -0.370 e. The molecule has 0 radical (unpaired) electrons. The number of rotatable bonds is 3. The minimum atomic E-state index is -4.36. The Balaban J connectivity index is 2.36. The van der Waals surface area contributed by atoms with Gasteiger partial charge in [-0.3, -0.25) is 0 Å². The Morgan fingerprint density at radius 2 is 1.80 bits per heavy atom. The Bertz CT molecular complexity index is 597. The summed E-state index contributed by atoms with van der Waals surface area (Å²) in [5.74, 6) is 0.810. The minimum absolute atomic E-state index is 0.228. The number of aromatic nitrogens is 2. The van der Waals surface area contributed by atoms with E-state index in [2.05, 4.69) is 15.3 Å². The zero-order valence-corrected chi connectivity index (χ0v) is 11.3. The fourth-order valence-corrected chi connectivity index (χ4v) is 1.81. The number of hydrogen-bond acceptors (Lipinski definition) is 3. The Hall–Kier alpha value is -1.82. The largest absolute Gasteiger partial charge is 0.416 e. The summed E-state index contributed by atoms with van der Waals surface area (Å²) in [7, 11) is 0. The molecule has 20 heavy (non-hydrogen) atoms. The van der Waals surface area contributed by atoms with Crippen LogP contribution in [0.2, 0.25) is 5.15 Å². The molecule has 1 aromatic carbocycles. The van der Waals surface area contributed by atoms with Gasteiger partial charge in [-0.1, -0.05) is 23.7 Å². The SMILES string of the molecule is CCNc1cc(Cl)nc(-c2ccc(C(F)(F)F)cc2)n1. The van der Waals surface area contributed by atoms with Crippen LogP contribution in [0, 0.1) is 0 Å². The summed E-state index contributed by atoms with van der Waals surface area (Å²) in [6.45, 7) is 2.55. The molecule has 1 aromatic heterocycles. The third-order valence-electron chi connectivity index (χ3n) is 2.52. The van der Waals surface area contributed by atoms with E-state index in [9.17, 15) is 13.2 Å². The van der Waals surface area contributed by atoms with Crippen LogP contribution in [0.4, 0.5) is 19.0 Å². The number of benzene rings is 1. The molecule has 0 bridgehead atoms. The topological polar surface area (TPSA) is 37.8 Å². The molecule has 0 aliphatic carbocycles. The summed E-state index contributed by atoms with van der Waals surface area (Å²) >= 11 is 5.87. The van der Waals surface area contributed by atoms with Crippen molar-refractivity contribution in [1.82, 2.24) is 9.97 Å². The van der Waals surface area contributed by atoms with Gasteiger partial charge in [0.25, 0.3) is 0 Å². The Morgan fingerprint density at radius 1 is 1.15 bits per heavy atom. The average Bonchev–Trinajstić information content (AvgIpc) is 2.37. The highest BCUT2D eigenvalue weighted by Gasteiger charge is 2.30. The van der Waals surface area contributed by atoms with Crippen LogP contribution in [0.25, 0.3) is 11.4 Å². The molecule has 0 unspecified atom stereocenters. The Kier molecular flexibility index (Phi) is 4.13. The van der Waals surface area contributed by atoms with Gasteiger partial charge >= 0.3 is 6.18 Å². The molecule has 2 aromatic rings. The zero-order valence-electron chi connectivity index (χ0n) is 10.5. The lowest BCUT2D eigenvalue weighted by Crippen LogP contribution is -2.04. The van der Waals surface area contributed by atoms with Crippen molar-refractivity contribution in [3.05, 3.63) is 41.0 Å². The molecule has 0 atom stereocenters. The molecule has 7 heteroatoms. The molecule has 1 N–H and O–H groups in total. The Labute approximate surface area is 118 Å². The third-order valence-corrected chi connectivity index (χ3v) is 2.72. The van der Waals surface area contributed by atoms with E-state index in [4.69, 9.17) is 11.6 Å². The highest BCUT2D eigenvalue weighted by molar-refractivity contribution is 6.29. The molecule has 0 fully saturated rings. The van der Waals surface area contributed by atoms with Gasteiger partial charge in [0, 0.05) is 18.2 Å². The number of anilines is 1. The lowest BCUT2D eigenvalue weighted by Gasteiger charge is -2.08. The Morgan fingerprint density at radius 3 is 2.35 bits per heavy atom. The first-order valence-electron chi connectivity index (χ1n) is 5.86. The highest BCUT2D eigenvalue weighted by Crippen LogP contribution is 2.30. The monoisotopic (exact) mass is 301 g/mol. The number of nitrogens with one attached hydrogen (secondary N) is 1. The van der Waals surface area contributed by atoms with Crippen molar-refractivity contribution in [1.29, 1.82) is 0 Å². The van der Waals surface area contributed by atoms with E-state index in [-0.39, 0.29) is 11.0 Å². The van der Waals surface area contributed by atoms with Gasteiger partial charge in [0.15, 0.2) is 5.82 Å². The van der Waals surface area contributed by atoms with Gasteiger partial charge in [0.1, 0.15) is 11.0 Å². The van der Waals surface area contributed by atoms with Gasteiger partial charge in [0.05, 0.1) is 5.56 Å². The smallest absolute Gasteiger partial charge is 0.370 e. The maximum Gasteiger partial charge on any atom is 0.416 e. The van der Waals surface area contributed by atoms with E-state index in [1.54, 1.807) is 6.07 Å². The van der Waals surface area contributed by atoms with E-state index < -0.39 is 11.7 Å². The second-order valence-electron chi connectivity index (χ2n) is 4.00. The molecule has 3 nitrogen and oxygen atoms in total. The van der Waals surface area contributed by atoms with Crippen molar-refractivity contribution >= 4 is 17.4 Å². The van der Waals surface area contributed by atoms with E-state index >= 15 is 0 Å². The average molecular weight is 302 g/mol. The first-order valence-corrected chi connectivity index (χ1v) is 6.24. The van der Waals surface area contributed by atoms with E-state index in [1.165, 1.54) is 12.1 Å². The number of nitrogens with zero attached hydrogens (tertiary/aromatic N) is 2. The highest BCUT2D eigenvalue weighted by atomic mass is 35.5. The molecule has 0 spiro atoms. The van der Waals surface area contributed by atoms with Crippen molar-refractivity contribution in [2.45, 2.75) is 13.1 Å². The van der Waals surface area contributed by atoms with Gasteiger partial charge in [-0.2, -0.15) is 13.2 Å². The van der Waals surface area contributed by atoms with Crippen LogP contribution < -0.4 is 5.32 Å². The normalized spacial score (nSPS) is 11.4. The summed E-state index contributed by atoms with van der Waals surface area (Å²) in [5.41, 5.74) is -0.241. The molecule has 0 amide bonds. The lowest BCUT2D eigenvalue weighted by atomic mass is 10.1. The van der Waals surface area contributed by atoms with Crippen molar-refractivity contribution in [2.24, 2.45) is 0 Å². The van der Waals surface area contributed by atoms with Gasteiger partial charge in [-0.25, -0.2) is 9.97 Å². The van der Waals surface area contributed by atoms with Crippen LogP contribution in [0.5, 0.6) is 0 Å². The summed E-state index contributed by atoms with van der Waals surface area (Å²) in [5, 5.41) is 3.21. The van der Waals surface area contributed by atoms with Gasteiger partial charge in [0.2, 0.25) is 0 Å². The standard InChI is InChI=1S/C13H11ClF3N3/c1-2-18-11-7-10(14)19-12(20-11)8-3-5-9(6-4-8)13(15,16)17/h3-7H,2H2,1H3,(H,18,19,20). The maximum absolute atomic E-state index is 12.5. The number of alkyl halides is 3. The van der Waals surface area contributed by atoms with Crippen LogP contribution in [0.15, 0.2) is 30.3 Å². The summed E-state index contributed by atoms with van der Waals surface area (Å²) in [6.07, 6.45) is -4.36. The van der Waals surface area contributed by atoms with Crippen molar-refractivity contribution in [3.63, 3.8) is 0 Å². The lowest BCUT2D eigenvalue weighted by molar-refractivity contribution is -0.137. The molecule has 0 aliphatic heterocycles. The summed E-state index contributed by atoms with van der Waals surface area (Å²) in [6, 6.07) is 6.19. The molecule has 2 rings (SSSR count). The molecule has 0 saturated carbocycles. The number of halogens is 4. The van der Waals surface area contributed by atoms with Crippen molar-refractivity contribution in [3.8, 4) is 11.4 Å². The van der Waals surface area contributed by atoms with Crippen LogP contribution in [0.1, 0.15) is 12.5 Å². The summed E-state index contributed by atoms with van der Waals surface area (Å²) in [4.78, 5) is 8.21. The fourth-order valence-electron chi connectivity index (χ4n) is 1.63. The number of hydrogen-bond donors (Lipinski definition) is 1. The maximum atomic E-state index is 12.5. The van der Waals surface area contributed by atoms with Crippen LogP contribution in [0.3, 0.4) is 0 Å². The predicted molar refractivity (Wildman–Crippen MR) is 71.6 cm³/mol. The second-order valence-corrected chi connectivity index (χ2v) is 4.39. The van der Waals surface area contributed by atoms with E-state index in [0.717, 1.165) is 12.1 Å². The fraction of sp³-hybridized carbons (Fsp3) is 0.231. The molecule has 1 heterocycles. The second kappa shape index (κ2) is 5.66. The van der Waals surface area contributed by atoms with E-state index in [0.29, 0.717) is 17.9 Å². The van der Waals surface area contributed by atoms with Crippen LogP contribution >= 0.6 is 11.6 Å². The first-order chi connectivity index (χ1) is 9.40. The van der Waals surface area contributed by atoms with Crippen molar-refractivity contribution < 1.29 is 13.2 Å². The van der Waals surface area contributed by atoms with E-state index in [1.807, 2.05) is 6.92 Å². The van der Waals surface area contributed by atoms with Gasteiger partial charge in [-0.15, -0.1) is 0 Å². The predicted octanol–water partition coefficient (Wildman–Crippen LogP) is 4.25. The zero-order chi connectivity index (χ0) is 14.8. The molecular formula is C13H11ClF3N3. The third kappa shape index (κ3) is 3.39. The molecular weight excluding hydrogens is 291 g/mol.